The first-order chi connectivity index (χ1) is 15.8. The van der Waals surface area contributed by atoms with Gasteiger partial charge in [0.25, 0.3) is 0 Å². The number of allylic oxidation sites excluding steroid dienone is 1. The Morgan fingerprint density at radius 3 is 2.67 bits per heavy atom. The lowest BCUT2D eigenvalue weighted by atomic mass is 9.47. The normalized spacial score (nSPS) is 40.9. The standard InChI is InChI=1S/C32H52O/c1-7-8-9-21-33-26-17-19-31(5)25(22-26)13-14-27-29-16-15-28(24(4)12-10-11-23(2)3)32(29,6)20-18-30(27)31/h8,13,23-24,26-30H,1,9-12,14-22H2,2-6H3/t24-,26+,27+,28-,29+,30+,31+,32-/m1/s1. The molecule has 186 valence electrons. The molecule has 0 aliphatic heterocycles. The molecule has 0 aromatic carbocycles. The maximum Gasteiger partial charge on any atom is 0.0612 e. The molecule has 4 aliphatic carbocycles. The van der Waals surface area contributed by atoms with E-state index in [9.17, 15) is 0 Å². The van der Waals surface area contributed by atoms with Gasteiger partial charge < -0.3 is 4.74 Å². The third kappa shape index (κ3) is 4.97. The minimum atomic E-state index is 0.426. The van der Waals surface area contributed by atoms with E-state index in [2.05, 4.69) is 53.0 Å². The van der Waals surface area contributed by atoms with Gasteiger partial charge in [0.05, 0.1) is 12.7 Å². The van der Waals surface area contributed by atoms with Crippen LogP contribution in [0.15, 0.2) is 30.0 Å². The topological polar surface area (TPSA) is 9.23 Å². The molecule has 0 saturated heterocycles. The molecule has 4 rings (SSSR count). The van der Waals surface area contributed by atoms with Gasteiger partial charge in [-0.15, -0.1) is 5.73 Å². The van der Waals surface area contributed by atoms with E-state index in [1.807, 2.05) is 6.08 Å². The van der Waals surface area contributed by atoms with Gasteiger partial charge in [0, 0.05) is 0 Å². The first-order valence-electron chi connectivity index (χ1n) is 14.4. The first-order valence-corrected chi connectivity index (χ1v) is 14.4. The van der Waals surface area contributed by atoms with Crippen LogP contribution in [0.5, 0.6) is 0 Å². The summed E-state index contributed by atoms with van der Waals surface area (Å²) in [7, 11) is 0. The van der Waals surface area contributed by atoms with Crippen molar-refractivity contribution in [2.24, 2.45) is 46.3 Å². The Morgan fingerprint density at radius 2 is 1.91 bits per heavy atom. The smallest absolute Gasteiger partial charge is 0.0612 e. The van der Waals surface area contributed by atoms with E-state index < -0.39 is 0 Å². The van der Waals surface area contributed by atoms with Crippen LogP contribution in [0, 0.1) is 46.3 Å². The van der Waals surface area contributed by atoms with Crippen molar-refractivity contribution in [3.05, 3.63) is 30.0 Å². The molecule has 0 amide bonds. The molecule has 0 spiro atoms. The monoisotopic (exact) mass is 452 g/mol. The van der Waals surface area contributed by atoms with Crippen LogP contribution in [0.2, 0.25) is 0 Å². The highest BCUT2D eigenvalue weighted by Gasteiger charge is 2.59. The molecular formula is C32H52O. The number of hydrogen-bond donors (Lipinski definition) is 0. The maximum atomic E-state index is 6.25. The van der Waals surface area contributed by atoms with Gasteiger partial charge in [0.1, 0.15) is 0 Å². The molecule has 0 bridgehead atoms. The fourth-order valence-electron chi connectivity index (χ4n) is 9.19. The summed E-state index contributed by atoms with van der Waals surface area (Å²) in [6, 6.07) is 0. The molecule has 3 fully saturated rings. The molecule has 3 saturated carbocycles. The average molecular weight is 453 g/mol. The minimum absolute atomic E-state index is 0.426. The van der Waals surface area contributed by atoms with Crippen LogP contribution in [0.4, 0.5) is 0 Å². The van der Waals surface area contributed by atoms with Gasteiger partial charge in [0.2, 0.25) is 0 Å². The Kier molecular flexibility index (Phi) is 8.02. The lowest BCUT2D eigenvalue weighted by molar-refractivity contribution is -0.0636. The van der Waals surface area contributed by atoms with E-state index in [0.717, 1.165) is 48.5 Å². The van der Waals surface area contributed by atoms with Crippen molar-refractivity contribution in [1.29, 1.82) is 0 Å². The van der Waals surface area contributed by atoms with Crippen molar-refractivity contribution in [2.45, 2.75) is 118 Å². The highest BCUT2D eigenvalue weighted by molar-refractivity contribution is 5.25. The molecule has 0 aromatic heterocycles. The van der Waals surface area contributed by atoms with E-state index in [1.54, 1.807) is 5.57 Å². The van der Waals surface area contributed by atoms with Crippen molar-refractivity contribution >= 4 is 0 Å². The minimum Gasteiger partial charge on any atom is -0.378 e. The highest BCUT2D eigenvalue weighted by Crippen LogP contribution is 2.67. The summed E-state index contributed by atoms with van der Waals surface area (Å²) in [5.74, 6) is 5.53. The molecule has 0 heterocycles. The summed E-state index contributed by atoms with van der Waals surface area (Å²) < 4.78 is 6.25. The zero-order valence-electron chi connectivity index (χ0n) is 22.5. The van der Waals surface area contributed by atoms with Crippen LogP contribution in [-0.2, 0) is 4.74 Å². The molecule has 8 atom stereocenters. The summed E-state index contributed by atoms with van der Waals surface area (Å²) in [5.41, 5.74) is 5.65. The predicted octanol–water partition coefficient (Wildman–Crippen LogP) is 9.14. The second kappa shape index (κ2) is 10.5. The predicted molar refractivity (Wildman–Crippen MR) is 141 cm³/mol. The van der Waals surface area contributed by atoms with Crippen molar-refractivity contribution < 1.29 is 4.74 Å². The quantitative estimate of drug-likeness (QED) is 0.192. The molecule has 1 heteroatoms. The van der Waals surface area contributed by atoms with Gasteiger partial charge in [-0.25, -0.2) is 0 Å². The van der Waals surface area contributed by atoms with Crippen LogP contribution >= 0.6 is 0 Å². The lowest BCUT2D eigenvalue weighted by Gasteiger charge is -2.58. The second-order valence-electron chi connectivity index (χ2n) is 13.2. The highest BCUT2D eigenvalue weighted by atomic mass is 16.5. The molecule has 0 aromatic rings. The maximum absolute atomic E-state index is 6.25. The number of hydrogen-bond acceptors (Lipinski definition) is 1. The van der Waals surface area contributed by atoms with Gasteiger partial charge in [-0.05, 0) is 110 Å². The summed E-state index contributed by atoms with van der Waals surface area (Å²) in [6.45, 7) is 17.2. The van der Waals surface area contributed by atoms with E-state index >= 15 is 0 Å². The molecular weight excluding hydrogens is 400 g/mol. The molecule has 0 radical (unpaired) electrons. The van der Waals surface area contributed by atoms with Crippen LogP contribution in [0.1, 0.15) is 112 Å². The Balaban J connectivity index is 1.41. The van der Waals surface area contributed by atoms with Crippen molar-refractivity contribution in [3.8, 4) is 0 Å². The SMILES string of the molecule is C=C=CCCO[C@H]1CC[C@@]2(C)C(=CC[C@H]3[C@@H]4CC[C@H]([C@H](C)CCCC(C)C)[C@@]4(C)CC[C@@H]32)C1. The fourth-order valence-corrected chi connectivity index (χ4v) is 9.19. The Bertz CT molecular complexity index is 742. The lowest BCUT2D eigenvalue weighted by Crippen LogP contribution is -2.51. The van der Waals surface area contributed by atoms with E-state index in [0.29, 0.717) is 16.9 Å². The molecule has 33 heavy (non-hydrogen) atoms. The van der Waals surface area contributed by atoms with E-state index in [-0.39, 0.29) is 0 Å². The first kappa shape index (κ1) is 25.3. The number of rotatable bonds is 9. The van der Waals surface area contributed by atoms with Crippen molar-refractivity contribution in [2.75, 3.05) is 6.61 Å². The van der Waals surface area contributed by atoms with Gasteiger partial charge >= 0.3 is 0 Å². The summed E-state index contributed by atoms with van der Waals surface area (Å²) in [4.78, 5) is 0. The zero-order valence-corrected chi connectivity index (χ0v) is 22.5. The molecule has 1 nitrogen and oxygen atoms in total. The van der Waals surface area contributed by atoms with Gasteiger partial charge in [0.15, 0.2) is 0 Å². The van der Waals surface area contributed by atoms with Crippen LogP contribution in [-0.4, -0.2) is 12.7 Å². The number of fused-ring (bicyclic) bond motifs is 5. The van der Waals surface area contributed by atoms with E-state index in [1.165, 1.54) is 70.6 Å². The summed E-state index contributed by atoms with van der Waals surface area (Å²) >= 11 is 0. The fraction of sp³-hybridized carbons (Fsp3) is 0.844. The summed E-state index contributed by atoms with van der Waals surface area (Å²) in [5, 5.41) is 0. The number of ether oxygens (including phenoxy) is 1. The van der Waals surface area contributed by atoms with Crippen LogP contribution in [0.3, 0.4) is 0 Å². The van der Waals surface area contributed by atoms with Gasteiger partial charge in [-0.2, -0.15) is 0 Å². The largest absolute Gasteiger partial charge is 0.378 e. The van der Waals surface area contributed by atoms with Crippen LogP contribution in [0.25, 0.3) is 0 Å². The van der Waals surface area contributed by atoms with Crippen molar-refractivity contribution in [1.82, 2.24) is 0 Å². The molecule has 4 aliphatic rings. The van der Waals surface area contributed by atoms with Gasteiger partial charge in [-0.1, -0.05) is 72.1 Å². The third-order valence-corrected chi connectivity index (χ3v) is 11.0. The molecule has 0 unspecified atom stereocenters. The zero-order chi connectivity index (χ0) is 23.6. The Morgan fingerprint density at radius 1 is 1.09 bits per heavy atom. The summed E-state index contributed by atoms with van der Waals surface area (Å²) in [6.07, 6.45) is 21.4. The average Bonchev–Trinajstić information content (AvgIpc) is 3.14. The third-order valence-electron chi connectivity index (χ3n) is 11.0. The Hall–Kier alpha value is -0.780. The second-order valence-corrected chi connectivity index (χ2v) is 13.2. The Labute approximate surface area is 205 Å². The van der Waals surface area contributed by atoms with E-state index in [4.69, 9.17) is 4.74 Å². The van der Waals surface area contributed by atoms with Crippen LogP contribution < -0.4 is 0 Å². The molecule has 0 N–H and O–H groups in total. The van der Waals surface area contributed by atoms with Gasteiger partial charge in [-0.3, -0.25) is 0 Å². The van der Waals surface area contributed by atoms with Crippen molar-refractivity contribution in [3.63, 3.8) is 0 Å².